The molecule has 1 unspecified atom stereocenters. The molecule has 0 spiro atoms. The van der Waals surface area contributed by atoms with Crippen molar-refractivity contribution in [2.75, 3.05) is 25.0 Å². The fraction of sp³-hybridized carbons (Fsp3) is 0.379. The second-order valence-corrected chi connectivity index (χ2v) is 12.1. The van der Waals surface area contributed by atoms with E-state index < -0.39 is 18.4 Å². The summed E-state index contributed by atoms with van der Waals surface area (Å²) in [6.07, 6.45) is 2.43. The van der Waals surface area contributed by atoms with E-state index in [9.17, 15) is 18.4 Å². The number of likely N-dealkylation sites (N-methyl/N-ethyl adjacent to an activating group) is 1. The lowest BCUT2D eigenvalue weighted by Gasteiger charge is -2.38. The lowest BCUT2D eigenvalue weighted by Crippen LogP contribution is -2.41. The first-order valence-corrected chi connectivity index (χ1v) is 14.6. The lowest BCUT2D eigenvalue weighted by atomic mass is 9.92. The Kier molecular flexibility index (Phi) is 7.76. The smallest absolute Gasteiger partial charge is 0.294 e. The highest BCUT2D eigenvalue weighted by Crippen LogP contribution is 2.45. The van der Waals surface area contributed by atoms with Gasteiger partial charge in [-0.2, -0.15) is 5.10 Å². The van der Waals surface area contributed by atoms with Crippen LogP contribution in [0.2, 0.25) is 5.02 Å². The van der Waals surface area contributed by atoms with Crippen molar-refractivity contribution < 1.29 is 18.3 Å². The number of nitrogens with zero attached hydrogens (tertiary/aromatic N) is 5. The summed E-state index contributed by atoms with van der Waals surface area (Å²) in [5.74, 6) is 0. The van der Waals surface area contributed by atoms with Gasteiger partial charge in [-0.3, -0.25) is 19.5 Å². The molecule has 2 aliphatic heterocycles. The van der Waals surface area contributed by atoms with Gasteiger partial charge in [0.25, 0.3) is 12.0 Å². The zero-order valence-corrected chi connectivity index (χ0v) is 23.9. The molecule has 1 saturated heterocycles. The largest absolute Gasteiger partial charge is 0.448 e. The Morgan fingerprint density at radius 2 is 2.10 bits per heavy atom. The fourth-order valence-corrected chi connectivity index (χ4v) is 7.36. The molecular weight excluding hydrogens is 572 g/mol. The molecule has 8 nitrogen and oxygen atoms in total. The molecule has 214 valence electrons. The molecule has 1 fully saturated rings. The van der Waals surface area contributed by atoms with Gasteiger partial charge in [0.1, 0.15) is 0 Å². The molecule has 5 heterocycles. The van der Waals surface area contributed by atoms with Crippen LogP contribution in [0.5, 0.6) is 0 Å². The van der Waals surface area contributed by atoms with Crippen molar-refractivity contribution in [3.8, 4) is 11.1 Å². The summed E-state index contributed by atoms with van der Waals surface area (Å²) in [5, 5.41) is 4.78. The predicted molar refractivity (Wildman–Crippen MR) is 155 cm³/mol. The normalized spacial score (nSPS) is 19.2. The van der Waals surface area contributed by atoms with Gasteiger partial charge < -0.3 is 9.64 Å². The number of anilines is 1. The molecule has 12 heteroatoms. The van der Waals surface area contributed by atoms with Gasteiger partial charge in [-0.15, -0.1) is 11.3 Å². The Balaban J connectivity index is 1.38. The van der Waals surface area contributed by atoms with Gasteiger partial charge in [-0.1, -0.05) is 11.6 Å². The average Bonchev–Trinajstić information content (AvgIpc) is 3.51. The summed E-state index contributed by atoms with van der Waals surface area (Å²) in [7, 11) is 1.97. The summed E-state index contributed by atoms with van der Waals surface area (Å²) in [5.41, 5.74) is 4.92. The van der Waals surface area contributed by atoms with Crippen LogP contribution >= 0.6 is 22.9 Å². The molecule has 41 heavy (non-hydrogen) atoms. The van der Waals surface area contributed by atoms with Crippen LogP contribution in [0.4, 0.5) is 14.5 Å². The van der Waals surface area contributed by atoms with E-state index in [1.807, 2.05) is 31.3 Å². The number of alkyl halides is 2. The number of ether oxygens (including phenoxy) is 1. The molecule has 0 saturated carbocycles. The SMILES string of the molecule is CN1C[C@@H](N2CCCc3cc(Cl)cc(-c4ccnc5cc(Cn6ncc(CC(F)F)cc6=O)sc45)c32)CC1OC=O. The highest BCUT2D eigenvalue weighted by Gasteiger charge is 2.37. The van der Waals surface area contributed by atoms with Crippen molar-refractivity contribution >= 4 is 45.3 Å². The third-order valence-electron chi connectivity index (χ3n) is 7.78. The molecule has 3 aromatic heterocycles. The monoisotopic (exact) mass is 599 g/mol. The Labute approximate surface area is 244 Å². The number of fused-ring (bicyclic) bond motifs is 2. The maximum absolute atomic E-state index is 12.7. The van der Waals surface area contributed by atoms with E-state index in [1.54, 1.807) is 6.20 Å². The van der Waals surface area contributed by atoms with E-state index in [0.29, 0.717) is 17.9 Å². The van der Waals surface area contributed by atoms with E-state index >= 15 is 0 Å². The topological polar surface area (TPSA) is 80.6 Å². The minimum atomic E-state index is -2.53. The van der Waals surface area contributed by atoms with Crippen LogP contribution in [0.3, 0.4) is 0 Å². The molecule has 2 atom stereocenters. The first-order valence-electron chi connectivity index (χ1n) is 13.4. The van der Waals surface area contributed by atoms with E-state index in [-0.39, 0.29) is 24.4 Å². The minimum absolute atomic E-state index is 0.172. The number of carbonyl (C=O) groups is 1. The van der Waals surface area contributed by atoms with E-state index in [0.717, 1.165) is 57.8 Å². The second kappa shape index (κ2) is 11.5. The molecule has 0 N–H and O–H groups in total. The first kappa shape index (κ1) is 27.7. The lowest BCUT2D eigenvalue weighted by molar-refractivity contribution is -0.139. The number of hydrogen-bond donors (Lipinski definition) is 0. The quantitative estimate of drug-likeness (QED) is 0.264. The predicted octanol–water partition coefficient (Wildman–Crippen LogP) is 4.99. The Morgan fingerprint density at radius 3 is 2.88 bits per heavy atom. The van der Waals surface area contributed by atoms with Gasteiger partial charge in [0.05, 0.1) is 23.0 Å². The van der Waals surface area contributed by atoms with Crippen molar-refractivity contribution in [3.63, 3.8) is 0 Å². The summed E-state index contributed by atoms with van der Waals surface area (Å²) in [6.45, 7) is 2.38. The number of thiophene rings is 1. The standard InChI is InChI=1S/C29H28ClF2N5O3S/c1-35-14-20(11-27(35)40-16-38)36-6-2-3-18-9-19(30)10-23(28(18)36)22-4-5-33-24-12-21(41-29(22)24)15-37-26(39)8-17(13-34-37)7-25(31)32/h4-5,8-10,12-13,16,20,25,27H,2-3,6-7,11,14-15H2,1H3/t20-,27?/m0/s1. The van der Waals surface area contributed by atoms with Crippen molar-refractivity contribution in [1.82, 2.24) is 19.7 Å². The van der Waals surface area contributed by atoms with Crippen LogP contribution in [-0.4, -0.2) is 65.0 Å². The van der Waals surface area contributed by atoms with Gasteiger partial charge in [-0.05, 0) is 55.3 Å². The van der Waals surface area contributed by atoms with Crippen LogP contribution in [0.15, 0.2) is 47.5 Å². The van der Waals surface area contributed by atoms with Crippen LogP contribution in [-0.2, 0) is 28.9 Å². The zero-order chi connectivity index (χ0) is 28.7. The van der Waals surface area contributed by atoms with Gasteiger partial charge in [0, 0.05) is 71.0 Å². The maximum atomic E-state index is 12.7. The second-order valence-electron chi connectivity index (χ2n) is 10.5. The van der Waals surface area contributed by atoms with Crippen LogP contribution in [0.25, 0.3) is 21.3 Å². The first-order chi connectivity index (χ1) is 19.8. The maximum Gasteiger partial charge on any atom is 0.294 e. The number of hydrogen-bond acceptors (Lipinski definition) is 8. The average molecular weight is 600 g/mol. The van der Waals surface area contributed by atoms with Crippen LogP contribution in [0.1, 0.15) is 28.8 Å². The van der Waals surface area contributed by atoms with Crippen molar-refractivity contribution in [2.45, 2.75) is 50.9 Å². The van der Waals surface area contributed by atoms with Crippen molar-refractivity contribution in [1.29, 1.82) is 0 Å². The molecule has 2 aliphatic rings. The molecule has 0 aliphatic carbocycles. The molecular formula is C29H28ClF2N5O3S. The Morgan fingerprint density at radius 1 is 1.24 bits per heavy atom. The summed E-state index contributed by atoms with van der Waals surface area (Å²) in [6, 6.07) is 9.36. The number of likely N-dealkylation sites (tertiary alicyclic amines) is 1. The van der Waals surface area contributed by atoms with Crippen molar-refractivity contribution in [3.05, 3.63) is 74.1 Å². The highest BCUT2D eigenvalue weighted by molar-refractivity contribution is 7.19. The Bertz CT molecular complexity index is 1660. The fourth-order valence-electron chi connectivity index (χ4n) is 6.00. The molecule has 4 aromatic rings. The van der Waals surface area contributed by atoms with Crippen molar-refractivity contribution in [2.24, 2.45) is 0 Å². The number of pyridine rings is 1. The van der Waals surface area contributed by atoms with Gasteiger partial charge >= 0.3 is 0 Å². The minimum Gasteiger partial charge on any atom is -0.448 e. The molecule has 0 amide bonds. The van der Waals surface area contributed by atoms with Crippen LogP contribution < -0.4 is 10.5 Å². The number of aromatic nitrogens is 3. The van der Waals surface area contributed by atoms with Gasteiger partial charge in [0.2, 0.25) is 6.43 Å². The number of benzene rings is 1. The molecule has 0 radical (unpaired) electrons. The van der Waals surface area contributed by atoms with E-state index in [1.165, 1.54) is 33.8 Å². The number of aryl methyl sites for hydroxylation is 1. The van der Waals surface area contributed by atoms with E-state index in [4.69, 9.17) is 16.3 Å². The summed E-state index contributed by atoms with van der Waals surface area (Å²) >= 11 is 8.18. The number of carbonyl (C=O) groups excluding carboxylic acids is 1. The third-order valence-corrected chi connectivity index (χ3v) is 9.14. The van der Waals surface area contributed by atoms with E-state index in [2.05, 4.69) is 19.9 Å². The molecule has 6 rings (SSSR count). The highest BCUT2D eigenvalue weighted by atomic mass is 35.5. The summed E-state index contributed by atoms with van der Waals surface area (Å²) in [4.78, 5) is 33.6. The molecule has 1 aromatic carbocycles. The third kappa shape index (κ3) is 5.58. The summed E-state index contributed by atoms with van der Waals surface area (Å²) < 4.78 is 33.0. The Hall–Kier alpha value is -3.41. The number of rotatable bonds is 8. The number of halogens is 3. The molecule has 0 bridgehead atoms. The van der Waals surface area contributed by atoms with Gasteiger partial charge in [0.15, 0.2) is 6.23 Å². The van der Waals surface area contributed by atoms with Crippen LogP contribution in [0, 0.1) is 0 Å². The zero-order valence-electron chi connectivity index (χ0n) is 22.3. The van der Waals surface area contributed by atoms with Gasteiger partial charge in [-0.25, -0.2) is 13.5 Å².